The lowest BCUT2D eigenvalue weighted by Gasteiger charge is -2.20. The average molecular weight is 218 g/mol. The first-order valence-corrected chi connectivity index (χ1v) is 7.69. The highest BCUT2D eigenvalue weighted by Gasteiger charge is 2.17. The highest BCUT2D eigenvalue weighted by Crippen LogP contribution is 2.22. The molecule has 4 N–H and O–H groups in total. The Kier molecular flexibility index (Phi) is 7.45. The van der Waals surface area contributed by atoms with E-state index in [4.69, 9.17) is 5.73 Å². The van der Waals surface area contributed by atoms with Gasteiger partial charge >= 0.3 is 0 Å². The second-order valence-electron chi connectivity index (χ2n) is 5.10. The molecule has 0 aliphatic carbocycles. The van der Waals surface area contributed by atoms with Gasteiger partial charge in [0.25, 0.3) is 0 Å². The molecule has 0 saturated carbocycles. The van der Waals surface area contributed by atoms with E-state index in [-0.39, 0.29) is 5.41 Å². The van der Waals surface area contributed by atoms with Crippen LogP contribution in [-0.4, -0.2) is 33.5 Å². The molecule has 1 atom stereocenters. The zero-order valence-corrected chi connectivity index (χ0v) is 11.0. The van der Waals surface area contributed by atoms with Crippen molar-refractivity contribution >= 4 is 9.04 Å². The predicted octanol–water partition coefficient (Wildman–Crippen LogP) is 0.687. The van der Waals surface area contributed by atoms with Crippen LogP contribution in [0.2, 0.25) is 12.1 Å². The van der Waals surface area contributed by atoms with Crippen LogP contribution in [-0.2, 0) is 0 Å². The second kappa shape index (κ2) is 7.40. The molecule has 0 amide bonds. The summed E-state index contributed by atoms with van der Waals surface area (Å²) in [5, 5.41) is 3.24. The first kappa shape index (κ1) is 14.1. The highest BCUT2D eigenvalue weighted by molar-refractivity contribution is 6.50. The summed E-state index contributed by atoms with van der Waals surface area (Å²) in [5.41, 5.74) is 5.64. The van der Waals surface area contributed by atoms with Crippen LogP contribution in [0, 0.1) is 5.41 Å². The summed E-state index contributed by atoms with van der Waals surface area (Å²) in [6, 6.07) is 2.04. The second-order valence-corrected chi connectivity index (χ2v) is 7.39. The van der Waals surface area contributed by atoms with E-state index in [0.29, 0.717) is 6.54 Å². The summed E-state index contributed by atoms with van der Waals surface area (Å²) in [6.45, 7) is 9.14. The molecule has 0 aromatic rings. The van der Waals surface area contributed by atoms with Gasteiger partial charge in [-0.3, -0.25) is 0 Å². The van der Waals surface area contributed by atoms with Crippen molar-refractivity contribution in [2.45, 2.75) is 39.3 Å². The molecular weight excluding hydrogens is 192 g/mol. The van der Waals surface area contributed by atoms with Crippen molar-refractivity contribution in [1.29, 1.82) is 0 Å². The maximum absolute atomic E-state index is 9.83. The Hall–Kier alpha value is 0.0969. The van der Waals surface area contributed by atoms with Crippen molar-refractivity contribution in [3.63, 3.8) is 0 Å². The Labute approximate surface area is 89.8 Å². The zero-order chi connectivity index (χ0) is 11.0. The molecular formula is C10H26N2OSi. The highest BCUT2D eigenvalue weighted by atomic mass is 28.3. The molecule has 3 nitrogen and oxygen atoms in total. The summed E-state index contributed by atoms with van der Waals surface area (Å²) < 4.78 is 0. The van der Waals surface area contributed by atoms with Crippen LogP contribution < -0.4 is 11.1 Å². The molecule has 0 aromatic heterocycles. The van der Waals surface area contributed by atoms with Crippen LogP contribution >= 0.6 is 0 Å². The van der Waals surface area contributed by atoms with E-state index in [2.05, 4.69) is 26.1 Å². The minimum absolute atomic E-state index is 0.288. The molecule has 0 fully saturated rings. The molecule has 4 heteroatoms. The molecule has 0 aliphatic heterocycles. The zero-order valence-electron chi connectivity index (χ0n) is 9.84. The van der Waals surface area contributed by atoms with Crippen molar-refractivity contribution in [3.8, 4) is 0 Å². The number of nitrogens with one attached hydrogen (secondary N) is 1. The van der Waals surface area contributed by atoms with Gasteiger partial charge in [0.1, 0.15) is 0 Å². The van der Waals surface area contributed by atoms with Crippen LogP contribution in [0.15, 0.2) is 0 Å². The summed E-state index contributed by atoms with van der Waals surface area (Å²) in [7, 11) is -1.45. The van der Waals surface area contributed by atoms with Crippen LogP contribution in [0.25, 0.3) is 0 Å². The topological polar surface area (TPSA) is 58.3 Å². The SMILES string of the molecule is CC(C)(C)C[SiH](O)CCCNCCN. The molecule has 0 aliphatic rings. The standard InChI is InChI=1S/C10H26N2OSi/c1-10(2,3)9-14(13)8-4-6-12-7-5-11/h12-14H,4-9,11H2,1-3H3. The minimum atomic E-state index is -1.45. The van der Waals surface area contributed by atoms with Crippen molar-refractivity contribution < 1.29 is 4.80 Å². The van der Waals surface area contributed by atoms with E-state index < -0.39 is 9.04 Å². The van der Waals surface area contributed by atoms with Crippen LogP contribution in [0.5, 0.6) is 0 Å². The normalized spacial score (nSPS) is 14.4. The predicted molar refractivity (Wildman–Crippen MR) is 65.0 cm³/mol. The van der Waals surface area contributed by atoms with E-state index >= 15 is 0 Å². The average Bonchev–Trinajstić information content (AvgIpc) is 2.00. The summed E-state index contributed by atoms with van der Waals surface area (Å²) in [6.07, 6.45) is 1.09. The molecule has 0 heterocycles. The Morgan fingerprint density at radius 3 is 2.43 bits per heavy atom. The molecule has 0 rings (SSSR count). The first-order chi connectivity index (χ1) is 6.45. The quantitative estimate of drug-likeness (QED) is 0.435. The van der Waals surface area contributed by atoms with E-state index in [1.807, 2.05) is 0 Å². The number of rotatable bonds is 7. The number of hydrogen-bond donors (Lipinski definition) is 3. The third kappa shape index (κ3) is 10.2. The van der Waals surface area contributed by atoms with E-state index in [1.165, 1.54) is 0 Å². The fraction of sp³-hybridized carbons (Fsp3) is 1.00. The monoisotopic (exact) mass is 218 g/mol. The number of hydrogen-bond acceptors (Lipinski definition) is 3. The van der Waals surface area contributed by atoms with Crippen molar-refractivity contribution in [2.75, 3.05) is 19.6 Å². The van der Waals surface area contributed by atoms with E-state index in [0.717, 1.165) is 31.6 Å². The van der Waals surface area contributed by atoms with Gasteiger partial charge in [0.2, 0.25) is 0 Å². The van der Waals surface area contributed by atoms with Gasteiger partial charge in [-0.15, -0.1) is 0 Å². The Bertz CT molecular complexity index is 137. The van der Waals surface area contributed by atoms with Gasteiger partial charge in [-0.2, -0.15) is 0 Å². The van der Waals surface area contributed by atoms with Gasteiger partial charge in [0.15, 0.2) is 9.04 Å². The van der Waals surface area contributed by atoms with Crippen molar-refractivity contribution in [2.24, 2.45) is 11.1 Å². The van der Waals surface area contributed by atoms with Crippen LogP contribution in [0.4, 0.5) is 0 Å². The Balaban J connectivity index is 3.31. The van der Waals surface area contributed by atoms with Crippen LogP contribution in [0.1, 0.15) is 27.2 Å². The van der Waals surface area contributed by atoms with Crippen molar-refractivity contribution in [3.05, 3.63) is 0 Å². The first-order valence-electron chi connectivity index (χ1n) is 5.54. The molecule has 86 valence electrons. The van der Waals surface area contributed by atoms with Gasteiger partial charge in [0, 0.05) is 13.1 Å². The Morgan fingerprint density at radius 2 is 1.93 bits per heavy atom. The Morgan fingerprint density at radius 1 is 1.29 bits per heavy atom. The maximum Gasteiger partial charge on any atom is 0.173 e. The van der Waals surface area contributed by atoms with Crippen molar-refractivity contribution in [1.82, 2.24) is 5.32 Å². The summed E-state index contributed by atoms with van der Waals surface area (Å²) in [5.74, 6) is 0. The van der Waals surface area contributed by atoms with Gasteiger partial charge in [-0.05, 0) is 30.5 Å². The molecule has 0 radical (unpaired) electrons. The minimum Gasteiger partial charge on any atom is -0.435 e. The third-order valence-corrected chi connectivity index (χ3v) is 4.83. The van der Waals surface area contributed by atoms with E-state index in [9.17, 15) is 4.80 Å². The largest absolute Gasteiger partial charge is 0.435 e. The molecule has 0 saturated heterocycles. The smallest absolute Gasteiger partial charge is 0.173 e. The van der Waals surface area contributed by atoms with Gasteiger partial charge < -0.3 is 15.8 Å². The molecule has 1 unspecified atom stereocenters. The summed E-state index contributed by atoms with van der Waals surface area (Å²) in [4.78, 5) is 9.83. The third-order valence-electron chi connectivity index (χ3n) is 2.06. The lowest BCUT2D eigenvalue weighted by Crippen LogP contribution is -2.25. The van der Waals surface area contributed by atoms with Gasteiger partial charge in [0.05, 0.1) is 0 Å². The molecule has 0 bridgehead atoms. The molecule has 14 heavy (non-hydrogen) atoms. The van der Waals surface area contributed by atoms with Crippen LogP contribution in [0.3, 0.4) is 0 Å². The fourth-order valence-electron chi connectivity index (χ4n) is 1.50. The lowest BCUT2D eigenvalue weighted by molar-refractivity contribution is 0.431. The lowest BCUT2D eigenvalue weighted by atomic mass is 10.0. The number of nitrogens with two attached hydrogens (primary N) is 1. The maximum atomic E-state index is 9.83. The molecule has 0 aromatic carbocycles. The van der Waals surface area contributed by atoms with Gasteiger partial charge in [-0.25, -0.2) is 0 Å². The molecule has 0 spiro atoms. The fourth-order valence-corrected chi connectivity index (χ4v) is 3.79. The van der Waals surface area contributed by atoms with Gasteiger partial charge in [-0.1, -0.05) is 20.8 Å². The summed E-state index contributed by atoms with van der Waals surface area (Å²) >= 11 is 0. The van der Waals surface area contributed by atoms with E-state index in [1.54, 1.807) is 0 Å².